The number of benzene rings is 2. The summed E-state index contributed by atoms with van der Waals surface area (Å²) < 4.78 is 5.34. The Morgan fingerprint density at radius 2 is 1.76 bits per heavy atom. The summed E-state index contributed by atoms with van der Waals surface area (Å²) in [6.45, 7) is 2.05. The first-order valence-corrected chi connectivity index (χ1v) is 9.12. The zero-order valence-electron chi connectivity index (χ0n) is 15.5. The lowest BCUT2D eigenvalue weighted by Gasteiger charge is -2.19. The number of aromatic nitrogens is 2. The summed E-state index contributed by atoms with van der Waals surface area (Å²) in [5, 5.41) is 13.5. The van der Waals surface area contributed by atoms with E-state index < -0.39 is 12.1 Å². The van der Waals surface area contributed by atoms with Crippen LogP contribution >= 0.6 is 0 Å². The number of hydrogen-bond acceptors (Lipinski definition) is 8. The van der Waals surface area contributed by atoms with Crippen LogP contribution in [-0.4, -0.2) is 39.0 Å². The molecule has 144 valence electrons. The van der Waals surface area contributed by atoms with Gasteiger partial charge in [0.1, 0.15) is 6.54 Å². The van der Waals surface area contributed by atoms with Gasteiger partial charge in [0, 0.05) is 5.56 Å². The van der Waals surface area contributed by atoms with Gasteiger partial charge in [-0.2, -0.15) is 10.1 Å². The highest BCUT2D eigenvalue weighted by atomic mass is 16.5. The van der Waals surface area contributed by atoms with Gasteiger partial charge < -0.3 is 4.52 Å². The van der Waals surface area contributed by atoms with Gasteiger partial charge in [-0.25, -0.2) is 4.90 Å². The minimum Gasteiger partial charge on any atom is -0.337 e. The van der Waals surface area contributed by atoms with Crippen LogP contribution in [0.1, 0.15) is 11.5 Å². The maximum absolute atomic E-state index is 12.9. The number of aryl methyl sites for hydroxylation is 1. The van der Waals surface area contributed by atoms with E-state index in [1.807, 2.05) is 37.3 Å². The SMILES string of the molecule is Cc1ccccc1-c1noc(CN2N=N[C@H]3C(=O)N(c4ccccc4)C(=O)[C@@H]32)n1. The molecule has 2 amide bonds. The van der Waals surface area contributed by atoms with Crippen LogP contribution in [0, 0.1) is 6.92 Å². The molecule has 2 aliphatic rings. The first-order chi connectivity index (χ1) is 14.1. The number of fused-ring (bicyclic) bond motifs is 1. The maximum atomic E-state index is 12.9. The largest absolute Gasteiger partial charge is 0.337 e. The predicted molar refractivity (Wildman–Crippen MR) is 101 cm³/mol. The summed E-state index contributed by atoms with van der Waals surface area (Å²) in [7, 11) is 0. The van der Waals surface area contributed by atoms with Crippen LogP contribution in [0.25, 0.3) is 11.4 Å². The second-order valence-electron chi connectivity index (χ2n) is 6.87. The molecule has 0 bridgehead atoms. The third kappa shape index (κ3) is 2.78. The van der Waals surface area contributed by atoms with E-state index in [9.17, 15) is 9.59 Å². The van der Waals surface area contributed by atoms with Gasteiger partial charge in [-0.3, -0.25) is 14.6 Å². The average molecular weight is 388 g/mol. The summed E-state index contributed by atoms with van der Waals surface area (Å²) in [5.74, 6) is 0.00482. The Hall–Kier alpha value is -3.88. The summed E-state index contributed by atoms with van der Waals surface area (Å²) in [6, 6.07) is 14.8. The molecule has 1 aromatic heterocycles. The highest BCUT2D eigenvalue weighted by molar-refractivity contribution is 6.25. The Morgan fingerprint density at radius 1 is 1.00 bits per heavy atom. The van der Waals surface area contributed by atoms with Crippen LogP contribution in [0.5, 0.6) is 0 Å². The number of anilines is 1. The van der Waals surface area contributed by atoms with Crippen molar-refractivity contribution in [1.29, 1.82) is 0 Å². The Kier molecular flexibility index (Phi) is 3.94. The molecule has 0 radical (unpaired) electrons. The Labute approximate surface area is 165 Å². The summed E-state index contributed by atoms with van der Waals surface area (Å²) in [6.07, 6.45) is 0. The quantitative estimate of drug-likeness (QED) is 0.636. The molecule has 0 saturated carbocycles. The molecule has 0 spiro atoms. The van der Waals surface area contributed by atoms with Crippen molar-refractivity contribution < 1.29 is 14.1 Å². The minimum atomic E-state index is -0.860. The molecule has 3 aromatic rings. The first kappa shape index (κ1) is 17.2. The molecule has 29 heavy (non-hydrogen) atoms. The molecule has 0 aliphatic carbocycles. The molecule has 9 nitrogen and oxygen atoms in total. The van der Waals surface area contributed by atoms with E-state index in [2.05, 4.69) is 20.5 Å². The lowest BCUT2D eigenvalue weighted by molar-refractivity contribution is -0.123. The monoisotopic (exact) mass is 388 g/mol. The fourth-order valence-corrected chi connectivity index (χ4v) is 3.58. The normalized spacial score (nSPS) is 20.6. The zero-order chi connectivity index (χ0) is 20.0. The van der Waals surface area contributed by atoms with Crippen molar-refractivity contribution in [3.8, 4) is 11.4 Å². The highest BCUT2D eigenvalue weighted by Gasteiger charge is 2.55. The van der Waals surface area contributed by atoms with Crippen molar-refractivity contribution in [2.45, 2.75) is 25.6 Å². The van der Waals surface area contributed by atoms with E-state index in [0.717, 1.165) is 16.0 Å². The fourth-order valence-electron chi connectivity index (χ4n) is 3.58. The van der Waals surface area contributed by atoms with Crippen molar-refractivity contribution in [1.82, 2.24) is 15.1 Å². The molecule has 3 heterocycles. The highest BCUT2D eigenvalue weighted by Crippen LogP contribution is 2.32. The number of para-hydroxylation sites is 1. The van der Waals surface area contributed by atoms with Crippen LogP contribution in [0.15, 0.2) is 69.5 Å². The van der Waals surface area contributed by atoms with Crippen molar-refractivity contribution in [3.63, 3.8) is 0 Å². The first-order valence-electron chi connectivity index (χ1n) is 9.12. The number of hydrogen-bond donors (Lipinski definition) is 0. The zero-order valence-corrected chi connectivity index (χ0v) is 15.5. The third-order valence-corrected chi connectivity index (χ3v) is 5.02. The average Bonchev–Trinajstić information content (AvgIpc) is 3.42. The third-order valence-electron chi connectivity index (χ3n) is 5.02. The van der Waals surface area contributed by atoms with E-state index >= 15 is 0 Å². The minimum absolute atomic E-state index is 0.0885. The van der Waals surface area contributed by atoms with E-state index in [-0.39, 0.29) is 18.4 Å². The predicted octanol–water partition coefficient (Wildman–Crippen LogP) is 2.54. The Bertz CT molecular complexity index is 1130. The molecule has 9 heteroatoms. The molecule has 2 aliphatic heterocycles. The summed E-state index contributed by atoms with van der Waals surface area (Å²) in [5.41, 5.74) is 2.41. The van der Waals surface area contributed by atoms with E-state index in [0.29, 0.717) is 17.4 Å². The van der Waals surface area contributed by atoms with Crippen molar-refractivity contribution in [2.24, 2.45) is 10.3 Å². The van der Waals surface area contributed by atoms with Crippen LogP contribution in [0.4, 0.5) is 5.69 Å². The van der Waals surface area contributed by atoms with Gasteiger partial charge in [0.2, 0.25) is 11.7 Å². The van der Waals surface area contributed by atoms with Crippen LogP contribution in [0.3, 0.4) is 0 Å². The molecule has 1 saturated heterocycles. The Morgan fingerprint density at radius 3 is 2.55 bits per heavy atom. The van der Waals surface area contributed by atoms with Gasteiger partial charge in [-0.1, -0.05) is 52.8 Å². The number of carbonyl (C=O) groups excluding carboxylic acids is 2. The molecule has 0 N–H and O–H groups in total. The van der Waals surface area contributed by atoms with Gasteiger partial charge in [-0.15, -0.1) is 0 Å². The molecular weight excluding hydrogens is 372 g/mol. The van der Waals surface area contributed by atoms with Crippen molar-refractivity contribution >= 4 is 17.5 Å². The topological polar surface area (TPSA) is 104 Å². The van der Waals surface area contributed by atoms with Crippen molar-refractivity contribution in [2.75, 3.05) is 4.90 Å². The Balaban J connectivity index is 1.38. The number of rotatable bonds is 4. The molecular formula is C20H16N6O3. The molecule has 1 fully saturated rings. The number of nitrogens with zero attached hydrogens (tertiary/aromatic N) is 6. The standard InChI is InChI=1S/C20H16N6O3/c1-12-7-5-6-10-14(12)18-21-15(29-23-18)11-25-17-16(22-24-25)19(27)26(20(17)28)13-8-3-2-4-9-13/h2-10,16-17H,11H2,1H3/t16-,17-/m1/s1. The number of amides is 2. The second-order valence-corrected chi connectivity index (χ2v) is 6.87. The second kappa shape index (κ2) is 6.62. The van der Waals surface area contributed by atoms with E-state index in [1.165, 1.54) is 5.01 Å². The van der Waals surface area contributed by atoms with Gasteiger partial charge >= 0.3 is 0 Å². The van der Waals surface area contributed by atoms with E-state index in [4.69, 9.17) is 4.52 Å². The van der Waals surface area contributed by atoms with E-state index in [1.54, 1.807) is 24.3 Å². The smallest absolute Gasteiger partial charge is 0.263 e. The van der Waals surface area contributed by atoms with Gasteiger partial charge in [-0.05, 0) is 24.6 Å². The van der Waals surface area contributed by atoms with Crippen LogP contribution in [0.2, 0.25) is 0 Å². The van der Waals surface area contributed by atoms with Gasteiger partial charge in [0.25, 0.3) is 11.8 Å². The van der Waals surface area contributed by atoms with Crippen LogP contribution < -0.4 is 4.90 Å². The fraction of sp³-hybridized carbons (Fsp3) is 0.200. The van der Waals surface area contributed by atoms with Crippen molar-refractivity contribution in [3.05, 3.63) is 66.1 Å². The van der Waals surface area contributed by atoms with Crippen LogP contribution in [-0.2, 0) is 16.1 Å². The molecule has 5 rings (SSSR count). The lowest BCUT2D eigenvalue weighted by atomic mass is 10.1. The number of imide groups is 1. The summed E-state index contributed by atoms with van der Waals surface area (Å²) >= 11 is 0. The molecule has 2 atom stereocenters. The lowest BCUT2D eigenvalue weighted by Crippen LogP contribution is -2.39. The molecule has 2 aromatic carbocycles. The number of carbonyl (C=O) groups is 2. The van der Waals surface area contributed by atoms with Gasteiger partial charge in [0.15, 0.2) is 12.1 Å². The summed E-state index contributed by atoms with van der Waals surface area (Å²) in [4.78, 5) is 31.2. The molecule has 0 unspecified atom stereocenters. The van der Waals surface area contributed by atoms with Gasteiger partial charge in [0.05, 0.1) is 5.69 Å². The maximum Gasteiger partial charge on any atom is 0.263 e.